The summed E-state index contributed by atoms with van der Waals surface area (Å²) in [5, 5.41) is 10.5. The molecule has 0 aliphatic rings. The number of alkyl halides is 3. The van der Waals surface area contributed by atoms with Gasteiger partial charge in [0, 0.05) is 29.7 Å². The molecule has 0 aliphatic heterocycles. The minimum atomic E-state index is -3.96. The Balaban J connectivity index is 1.74. The number of carbonyl (C=O) groups excluding carboxylic acids is 3. The monoisotopic (exact) mass is 601 g/mol. The van der Waals surface area contributed by atoms with E-state index in [1.807, 2.05) is 12.2 Å². The Hall–Kier alpha value is -4.88. The van der Waals surface area contributed by atoms with Crippen molar-refractivity contribution in [3.8, 4) is 0 Å². The standard InChI is InChI=1S/C29H34F3N7O4/c1-5-13-34-24-21(15-35-26(39-24)38-19-11-9-17(10-12-19)23(33)40)25(41)37-20-8-6-7-18(14-20)22(30)29(31,32)16-36-27(42)43-28(2,3)4/h6-12,14-15,22H,5,13,16H2,1-4H3,(H2,33,40)(H,36,42)(H,37,41)(H2,34,35,38,39). The summed E-state index contributed by atoms with van der Waals surface area (Å²) in [6, 6.07) is 11.3. The molecule has 0 fully saturated rings. The number of nitrogens with one attached hydrogen (secondary N) is 4. The van der Waals surface area contributed by atoms with Crippen molar-refractivity contribution in [1.29, 1.82) is 0 Å². The van der Waals surface area contributed by atoms with Gasteiger partial charge in [0.2, 0.25) is 11.9 Å². The number of amides is 3. The van der Waals surface area contributed by atoms with Gasteiger partial charge < -0.3 is 31.7 Å². The average Bonchev–Trinajstić information content (AvgIpc) is 2.94. The topological polar surface area (TPSA) is 160 Å². The summed E-state index contributed by atoms with van der Waals surface area (Å²) < 4.78 is 49.0. The van der Waals surface area contributed by atoms with Crippen LogP contribution in [0.1, 0.15) is 66.6 Å². The number of halogens is 3. The minimum absolute atomic E-state index is 0.0529. The summed E-state index contributed by atoms with van der Waals surface area (Å²) in [7, 11) is 0. The molecule has 3 amide bonds. The van der Waals surface area contributed by atoms with Crippen molar-refractivity contribution >= 4 is 41.0 Å². The van der Waals surface area contributed by atoms with E-state index in [9.17, 15) is 27.6 Å². The second kappa shape index (κ2) is 13.9. The van der Waals surface area contributed by atoms with E-state index in [2.05, 4.69) is 25.9 Å². The molecular formula is C29H34F3N7O4. The maximum Gasteiger partial charge on any atom is 0.407 e. The molecular weight excluding hydrogens is 567 g/mol. The molecule has 11 nitrogen and oxygen atoms in total. The molecule has 0 aliphatic carbocycles. The number of nitrogens with two attached hydrogens (primary N) is 1. The molecule has 43 heavy (non-hydrogen) atoms. The first-order valence-corrected chi connectivity index (χ1v) is 13.4. The van der Waals surface area contributed by atoms with E-state index in [0.29, 0.717) is 17.8 Å². The van der Waals surface area contributed by atoms with Crippen molar-refractivity contribution < 1.29 is 32.3 Å². The number of carbonyl (C=O) groups is 3. The molecule has 230 valence electrons. The maximum atomic E-state index is 14.9. The highest BCUT2D eigenvalue weighted by atomic mass is 19.3. The smallest absolute Gasteiger partial charge is 0.407 e. The third-order valence-corrected chi connectivity index (χ3v) is 5.68. The van der Waals surface area contributed by atoms with Gasteiger partial charge in [-0.2, -0.15) is 4.98 Å². The van der Waals surface area contributed by atoms with Crippen LogP contribution in [0.3, 0.4) is 0 Å². The fourth-order valence-electron chi connectivity index (χ4n) is 3.64. The first kappa shape index (κ1) is 32.6. The first-order chi connectivity index (χ1) is 20.2. The summed E-state index contributed by atoms with van der Waals surface area (Å²) in [6.07, 6.45) is -1.89. The molecule has 14 heteroatoms. The predicted molar refractivity (Wildman–Crippen MR) is 156 cm³/mol. The van der Waals surface area contributed by atoms with Crippen LogP contribution in [0.2, 0.25) is 0 Å². The largest absolute Gasteiger partial charge is 0.444 e. The lowest BCUT2D eigenvalue weighted by molar-refractivity contribution is -0.0721. The van der Waals surface area contributed by atoms with E-state index in [0.717, 1.165) is 18.6 Å². The highest BCUT2D eigenvalue weighted by molar-refractivity contribution is 6.07. The van der Waals surface area contributed by atoms with Crippen LogP contribution < -0.4 is 27.0 Å². The highest BCUT2D eigenvalue weighted by Gasteiger charge is 2.42. The van der Waals surface area contributed by atoms with E-state index < -0.39 is 47.7 Å². The fourth-order valence-corrected chi connectivity index (χ4v) is 3.64. The van der Waals surface area contributed by atoms with Crippen molar-refractivity contribution in [2.24, 2.45) is 5.73 Å². The van der Waals surface area contributed by atoms with Gasteiger partial charge in [0.05, 0.1) is 6.54 Å². The van der Waals surface area contributed by atoms with Gasteiger partial charge in [-0.25, -0.2) is 22.9 Å². The first-order valence-electron chi connectivity index (χ1n) is 13.4. The molecule has 3 rings (SSSR count). The van der Waals surface area contributed by atoms with Crippen LogP contribution >= 0.6 is 0 Å². The Morgan fingerprint density at radius 3 is 2.37 bits per heavy atom. The Morgan fingerprint density at radius 1 is 1.05 bits per heavy atom. The van der Waals surface area contributed by atoms with Crippen molar-refractivity contribution in [3.05, 3.63) is 71.4 Å². The lowest BCUT2D eigenvalue weighted by Gasteiger charge is -2.24. The van der Waals surface area contributed by atoms with Gasteiger partial charge in [-0.3, -0.25) is 9.59 Å². The van der Waals surface area contributed by atoms with Crippen LogP contribution in [0.4, 0.5) is 41.1 Å². The molecule has 0 spiro atoms. The van der Waals surface area contributed by atoms with Gasteiger partial charge >= 0.3 is 6.09 Å². The molecule has 3 aromatic rings. The van der Waals surface area contributed by atoms with Gasteiger partial charge in [0.1, 0.15) is 17.0 Å². The Morgan fingerprint density at radius 2 is 1.74 bits per heavy atom. The number of rotatable bonds is 12. The number of aromatic nitrogens is 2. The van der Waals surface area contributed by atoms with Crippen LogP contribution in [0.25, 0.3) is 0 Å². The minimum Gasteiger partial charge on any atom is -0.444 e. The van der Waals surface area contributed by atoms with Crippen molar-refractivity contribution in [2.75, 3.05) is 29.0 Å². The number of alkyl carbamates (subject to hydrolysis) is 1. The average molecular weight is 602 g/mol. The summed E-state index contributed by atoms with van der Waals surface area (Å²) in [5.74, 6) is -4.84. The molecule has 0 radical (unpaired) electrons. The maximum absolute atomic E-state index is 14.9. The van der Waals surface area contributed by atoms with E-state index in [-0.39, 0.29) is 23.0 Å². The number of nitrogens with zero attached hydrogens (tertiary/aromatic N) is 2. The third-order valence-electron chi connectivity index (χ3n) is 5.68. The number of anilines is 4. The molecule has 1 unspecified atom stereocenters. The van der Waals surface area contributed by atoms with E-state index in [4.69, 9.17) is 10.5 Å². The number of hydrogen-bond donors (Lipinski definition) is 5. The summed E-state index contributed by atoms with van der Waals surface area (Å²) in [6.45, 7) is 5.81. The molecule has 0 saturated heterocycles. The second-order valence-electron chi connectivity index (χ2n) is 10.5. The zero-order valence-corrected chi connectivity index (χ0v) is 24.1. The van der Waals surface area contributed by atoms with Crippen molar-refractivity contribution in [2.45, 2.75) is 51.8 Å². The molecule has 6 N–H and O–H groups in total. The van der Waals surface area contributed by atoms with Crippen LogP contribution in [0.15, 0.2) is 54.7 Å². The van der Waals surface area contributed by atoms with Crippen molar-refractivity contribution in [3.63, 3.8) is 0 Å². The number of hydrogen-bond acceptors (Lipinski definition) is 8. The van der Waals surface area contributed by atoms with Crippen LogP contribution in [0.5, 0.6) is 0 Å². The van der Waals surface area contributed by atoms with Gasteiger partial charge in [-0.1, -0.05) is 19.1 Å². The van der Waals surface area contributed by atoms with Crippen molar-refractivity contribution in [1.82, 2.24) is 15.3 Å². The van der Waals surface area contributed by atoms with Crippen LogP contribution in [-0.2, 0) is 4.74 Å². The number of benzene rings is 2. The molecule has 2 aromatic carbocycles. The Labute approximate surface area is 246 Å². The number of primary amides is 1. The summed E-state index contributed by atoms with van der Waals surface area (Å²) in [4.78, 5) is 44.7. The van der Waals surface area contributed by atoms with Gasteiger partial charge in [-0.15, -0.1) is 0 Å². The molecule has 1 heterocycles. The van der Waals surface area contributed by atoms with Gasteiger partial charge in [-0.05, 0) is 69.2 Å². The quantitative estimate of drug-likeness (QED) is 0.180. The SMILES string of the molecule is CCCNc1nc(Nc2ccc(C(N)=O)cc2)ncc1C(=O)Nc1cccc(C(F)C(F)(F)CNC(=O)OC(C)(C)C)c1. The normalized spacial score (nSPS) is 12.2. The Kier molecular flexibility index (Phi) is 10.5. The molecule has 0 bridgehead atoms. The van der Waals surface area contributed by atoms with Gasteiger partial charge in [0.15, 0.2) is 6.17 Å². The van der Waals surface area contributed by atoms with Gasteiger partial charge in [0.25, 0.3) is 11.8 Å². The molecule has 1 aromatic heterocycles. The van der Waals surface area contributed by atoms with Crippen LogP contribution in [0, 0.1) is 0 Å². The van der Waals surface area contributed by atoms with E-state index in [1.165, 1.54) is 30.5 Å². The molecule has 1 atom stereocenters. The molecule has 0 saturated carbocycles. The second-order valence-corrected chi connectivity index (χ2v) is 10.5. The predicted octanol–water partition coefficient (Wildman–Crippen LogP) is 5.56. The van der Waals surface area contributed by atoms with E-state index >= 15 is 0 Å². The fraction of sp³-hybridized carbons (Fsp3) is 0.345. The third kappa shape index (κ3) is 9.58. The summed E-state index contributed by atoms with van der Waals surface area (Å²) >= 11 is 0. The van der Waals surface area contributed by atoms with E-state index in [1.54, 1.807) is 32.9 Å². The summed E-state index contributed by atoms with van der Waals surface area (Å²) in [5.41, 5.74) is 4.95. The zero-order chi connectivity index (χ0) is 31.8. The lowest BCUT2D eigenvalue weighted by Crippen LogP contribution is -2.41. The highest BCUT2D eigenvalue weighted by Crippen LogP contribution is 2.35. The number of ether oxygens (including phenoxy) is 1. The Bertz CT molecular complexity index is 1450. The lowest BCUT2D eigenvalue weighted by atomic mass is 10.0. The zero-order valence-electron chi connectivity index (χ0n) is 24.1. The van der Waals surface area contributed by atoms with Crippen LogP contribution in [-0.4, -0.2) is 52.5 Å².